The number of carbonyl (C=O) groups is 1. The molecule has 2 rings (SSSR count). The van der Waals surface area contributed by atoms with Gasteiger partial charge in [0.1, 0.15) is 0 Å². The number of hydrogen-bond acceptors (Lipinski definition) is 3. The number of thiazole rings is 1. The fourth-order valence-electron chi connectivity index (χ4n) is 1.06. The van der Waals surface area contributed by atoms with Gasteiger partial charge in [-0.1, -0.05) is 39.0 Å². The monoisotopic (exact) mass is 235 g/mol. The summed E-state index contributed by atoms with van der Waals surface area (Å²) in [4.78, 5) is 15.4. The van der Waals surface area contributed by atoms with Crippen LogP contribution in [0.25, 0.3) is 10.2 Å². The molecule has 0 radical (unpaired) electrons. The van der Waals surface area contributed by atoms with Crippen molar-refractivity contribution in [2.75, 3.05) is 0 Å². The Balaban J connectivity index is 0.000000583. The quantitative estimate of drug-likeness (QED) is 0.573. The van der Waals surface area contributed by atoms with Crippen molar-refractivity contribution in [3.63, 3.8) is 0 Å². The van der Waals surface area contributed by atoms with Gasteiger partial charge in [0.05, 0.1) is 10.2 Å². The molecular weight excluding hydrogens is 218 g/mol. The largest absolute Gasteiger partial charge is 0.287 e. The molecule has 1 aromatic carbocycles. The molecule has 0 fully saturated rings. The van der Waals surface area contributed by atoms with Gasteiger partial charge in [0.15, 0.2) is 5.01 Å². The van der Waals surface area contributed by atoms with Crippen molar-refractivity contribution >= 4 is 27.3 Å². The van der Waals surface area contributed by atoms with Crippen LogP contribution in [0.15, 0.2) is 36.9 Å². The minimum Gasteiger partial charge on any atom is -0.287 e. The van der Waals surface area contributed by atoms with E-state index >= 15 is 0 Å². The third-order valence-corrected chi connectivity index (χ3v) is 2.74. The first-order valence-corrected chi connectivity index (χ1v) is 6.06. The molecule has 0 spiro atoms. The predicted molar refractivity (Wildman–Crippen MR) is 72.2 cm³/mol. The number of hydrogen-bond donors (Lipinski definition) is 0. The van der Waals surface area contributed by atoms with Gasteiger partial charge < -0.3 is 0 Å². The standard InChI is InChI=1S/C10H7NOS.C3H8.H2/c1-2-8(12)10-11-7-5-3-4-6-9(7)13-10;1-3-2;/h2-6H,1H2;3H2,1-2H3;1H. The van der Waals surface area contributed by atoms with E-state index < -0.39 is 0 Å². The number of fused-ring (bicyclic) bond motifs is 1. The smallest absolute Gasteiger partial charge is 0.213 e. The van der Waals surface area contributed by atoms with Gasteiger partial charge in [-0.3, -0.25) is 4.79 Å². The van der Waals surface area contributed by atoms with Crippen molar-refractivity contribution in [1.82, 2.24) is 4.98 Å². The number of ketones is 1. The third kappa shape index (κ3) is 3.00. The lowest BCUT2D eigenvalue weighted by Crippen LogP contribution is -1.90. The third-order valence-electron chi connectivity index (χ3n) is 1.69. The van der Waals surface area contributed by atoms with Crippen molar-refractivity contribution in [2.45, 2.75) is 20.3 Å². The van der Waals surface area contributed by atoms with E-state index in [-0.39, 0.29) is 7.21 Å². The highest BCUT2D eigenvalue weighted by atomic mass is 32.1. The average Bonchev–Trinajstić information content (AvgIpc) is 2.72. The first-order chi connectivity index (χ1) is 7.72. The zero-order valence-corrected chi connectivity index (χ0v) is 10.4. The van der Waals surface area contributed by atoms with Gasteiger partial charge in [-0.05, 0) is 18.2 Å². The van der Waals surface area contributed by atoms with Crippen molar-refractivity contribution in [2.24, 2.45) is 0 Å². The first-order valence-electron chi connectivity index (χ1n) is 5.25. The van der Waals surface area contributed by atoms with Crippen LogP contribution in [0.4, 0.5) is 0 Å². The predicted octanol–water partition coefficient (Wildman–Crippen LogP) is 4.33. The lowest BCUT2D eigenvalue weighted by Gasteiger charge is -1.81. The maximum atomic E-state index is 11.2. The molecule has 0 bridgehead atoms. The van der Waals surface area contributed by atoms with Crippen LogP contribution in [-0.2, 0) is 0 Å². The Morgan fingerprint density at radius 2 is 2.12 bits per heavy atom. The molecule has 16 heavy (non-hydrogen) atoms. The Morgan fingerprint density at radius 3 is 2.69 bits per heavy atom. The Kier molecular flexibility index (Phi) is 4.86. The highest BCUT2D eigenvalue weighted by Crippen LogP contribution is 2.21. The fourth-order valence-corrected chi connectivity index (χ4v) is 1.97. The van der Waals surface area contributed by atoms with Gasteiger partial charge in [0.25, 0.3) is 0 Å². The van der Waals surface area contributed by atoms with E-state index in [0.717, 1.165) is 10.2 Å². The van der Waals surface area contributed by atoms with E-state index in [1.807, 2.05) is 24.3 Å². The molecule has 1 aromatic heterocycles. The zero-order valence-electron chi connectivity index (χ0n) is 9.56. The molecular formula is C13H17NOS. The molecule has 0 unspecified atom stereocenters. The highest BCUT2D eigenvalue weighted by Gasteiger charge is 2.07. The highest BCUT2D eigenvalue weighted by molar-refractivity contribution is 7.20. The number of carbonyl (C=O) groups excluding carboxylic acids is 1. The lowest BCUT2D eigenvalue weighted by molar-refractivity contribution is 0.104. The van der Waals surface area contributed by atoms with Crippen LogP contribution in [0.2, 0.25) is 0 Å². The lowest BCUT2D eigenvalue weighted by atomic mass is 10.3. The number of aromatic nitrogens is 1. The summed E-state index contributed by atoms with van der Waals surface area (Å²) in [6, 6.07) is 7.69. The molecule has 86 valence electrons. The average molecular weight is 235 g/mol. The van der Waals surface area contributed by atoms with Gasteiger partial charge in [0.2, 0.25) is 5.78 Å². The van der Waals surface area contributed by atoms with Crippen LogP contribution in [-0.4, -0.2) is 10.8 Å². The van der Waals surface area contributed by atoms with Gasteiger partial charge >= 0.3 is 0 Å². The van der Waals surface area contributed by atoms with Crippen LogP contribution in [0.5, 0.6) is 0 Å². The SMILES string of the molecule is C=CC(=O)c1nc2ccccc2s1.CCC.[HH]. The van der Waals surface area contributed by atoms with Crippen molar-refractivity contribution in [3.8, 4) is 0 Å². The number of para-hydroxylation sites is 1. The number of allylic oxidation sites excluding steroid dienone is 1. The minimum absolute atomic E-state index is 0. The first kappa shape index (κ1) is 12.6. The molecule has 2 nitrogen and oxygen atoms in total. The maximum absolute atomic E-state index is 11.2. The second-order valence-corrected chi connectivity index (χ2v) is 4.29. The second-order valence-electron chi connectivity index (χ2n) is 3.26. The molecule has 0 atom stereocenters. The topological polar surface area (TPSA) is 30.0 Å². The van der Waals surface area contributed by atoms with Crippen molar-refractivity contribution in [1.29, 1.82) is 0 Å². The van der Waals surface area contributed by atoms with Gasteiger partial charge in [-0.25, -0.2) is 4.98 Å². The fraction of sp³-hybridized carbons (Fsp3) is 0.231. The summed E-state index contributed by atoms with van der Waals surface area (Å²) in [5, 5.41) is 0.510. The molecule has 1 heterocycles. The molecule has 2 aromatic rings. The van der Waals surface area contributed by atoms with Crippen LogP contribution in [0.1, 0.15) is 31.5 Å². The van der Waals surface area contributed by atoms with Gasteiger partial charge in [-0.2, -0.15) is 0 Å². The van der Waals surface area contributed by atoms with E-state index in [2.05, 4.69) is 25.4 Å². The summed E-state index contributed by atoms with van der Waals surface area (Å²) < 4.78 is 1.03. The number of nitrogens with zero attached hydrogens (tertiary/aromatic N) is 1. The minimum atomic E-state index is -0.110. The van der Waals surface area contributed by atoms with Crippen molar-refractivity contribution < 1.29 is 6.22 Å². The van der Waals surface area contributed by atoms with E-state index in [9.17, 15) is 4.79 Å². The summed E-state index contributed by atoms with van der Waals surface area (Å²) in [5.74, 6) is -0.110. The summed E-state index contributed by atoms with van der Waals surface area (Å²) in [5.41, 5.74) is 0.873. The Morgan fingerprint density at radius 1 is 1.50 bits per heavy atom. The van der Waals surface area contributed by atoms with E-state index in [0.29, 0.717) is 5.01 Å². The van der Waals surface area contributed by atoms with Crippen molar-refractivity contribution in [3.05, 3.63) is 41.9 Å². The zero-order chi connectivity index (χ0) is 12.0. The number of benzene rings is 1. The molecule has 0 aliphatic heterocycles. The summed E-state index contributed by atoms with van der Waals surface area (Å²) in [7, 11) is 0. The Labute approximate surface area is 101 Å². The van der Waals surface area contributed by atoms with Crippen LogP contribution in [0, 0.1) is 0 Å². The molecule has 0 saturated heterocycles. The normalized spacial score (nSPS) is 9.38. The molecule has 0 amide bonds. The van der Waals surface area contributed by atoms with E-state index in [1.54, 1.807) is 0 Å². The summed E-state index contributed by atoms with van der Waals surface area (Å²) in [6.45, 7) is 7.67. The summed E-state index contributed by atoms with van der Waals surface area (Å²) >= 11 is 1.40. The van der Waals surface area contributed by atoms with Gasteiger partial charge in [-0.15, -0.1) is 11.3 Å². The second kappa shape index (κ2) is 6.18. The molecule has 0 aliphatic rings. The van der Waals surface area contributed by atoms with E-state index in [1.165, 1.54) is 23.8 Å². The van der Waals surface area contributed by atoms with Crippen LogP contribution in [0.3, 0.4) is 0 Å². The maximum Gasteiger partial charge on any atom is 0.213 e. The Hall–Kier alpha value is -1.48. The molecule has 0 N–H and O–H groups in total. The van der Waals surface area contributed by atoms with Gasteiger partial charge in [0, 0.05) is 1.43 Å². The molecule has 3 heteroatoms. The molecule has 0 saturated carbocycles. The van der Waals surface area contributed by atoms with Crippen LogP contribution >= 0.6 is 11.3 Å². The number of rotatable bonds is 2. The summed E-state index contributed by atoms with van der Waals surface area (Å²) in [6.07, 6.45) is 2.54. The van der Waals surface area contributed by atoms with E-state index in [4.69, 9.17) is 0 Å². The molecule has 0 aliphatic carbocycles. The Bertz CT molecular complexity index is 460. The van der Waals surface area contributed by atoms with Crippen LogP contribution < -0.4 is 0 Å².